The van der Waals surface area contributed by atoms with Crippen LogP contribution in [0, 0.1) is 0 Å². The van der Waals surface area contributed by atoms with Gasteiger partial charge in [0.1, 0.15) is 0 Å². The number of aryl methyl sites for hydroxylation is 1. The summed E-state index contributed by atoms with van der Waals surface area (Å²) in [5.74, 6) is 0. The summed E-state index contributed by atoms with van der Waals surface area (Å²) in [7, 11) is 0. The molecule has 2 heterocycles. The molecule has 0 atom stereocenters. The summed E-state index contributed by atoms with van der Waals surface area (Å²) in [5.41, 5.74) is 4.46. The molecule has 3 heteroatoms. The van der Waals surface area contributed by atoms with E-state index in [1.807, 2.05) is 42.5 Å². The molecule has 0 spiro atoms. The van der Waals surface area contributed by atoms with Crippen LogP contribution in [0.5, 0.6) is 0 Å². The van der Waals surface area contributed by atoms with Crippen LogP contribution in [0.4, 0.5) is 0 Å². The Labute approximate surface area is 111 Å². The van der Waals surface area contributed by atoms with Crippen molar-refractivity contribution in [2.24, 2.45) is 0 Å². The summed E-state index contributed by atoms with van der Waals surface area (Å²) < 4.78 is 0. The zero-order valence-corrected chi connectivity index (χ0v) is 10.7. The number of aromatic nitrogens is 2. The van der Waals surface area contributed by atoms with Gasteiger partial charge in [-0.1, -0.05) is 37.3 Å². The molecule has 0 amide bonds. The summed E-state index contributed by atoms with van der Waals surface area (Å²) in [6, 6.07) is 15.4. The summed E-state index contributed by atoms with van der Waals surface area (Å²) >= 11 is 0. The van der Waals surface area contributed by atoms with E-state index in [-0.39, 0.29) is 5.56 Å². The summed E-state index contributed by atoms with van der Waals surface area (Å²) in [5, 5.41) is 0. The lowest BCUT2D eigenvalue weighted by atomic mass is 10.0. The van der Waals surface area contributed by atoms with Crippen LogP contribution in [0.1, 0.15) is 12.6 Å². The van der Waals surface area contributed by atoms with E-state index in [0.29, 0.717) is 0 Å². The fourth-order valence-electron chi connectivity index (χ4n) is 2.21. The minimum absolute atomic E-state index is 0.0996. The maximum atomic E-state index is 11.7. The van der Waals surface area contributed by atoms with Crippen LogP contribution < -0.4 is 5.56 Å². The first-order valence-corrected chi connectivity index (χ1v) is 6.36. The second kappa shape index (κ2) is 4.69. The van der Waals surface area contributed by atoms with E-state index in [1.54, 1.807) is 6.07 Å². The Kier molecular flexibility index (Phi) is 2.88. The van der Waals surface area contributed by atoms with E-state index in [0.717, 1.165) is 34.3 Å². The minimum Gasteiger partial charge on any atom is -0.321 e. The molecule has 3 aromatic rings. The van der Waals surface area contributed by atoms with Gasteiger partial charge < -0.3 is 4.98 Å². The van der Waals surface area contributed by atoms with Gasteiger partial charge in [-0.2, -0.15) is 0 Å². The van der Waals surface area contributed by atoms with Crippen molar-refractivity contribution in [3.05, 3.63) is 64.6 Å². The van der Waals surface area contributed by atoms with Gasteiger partial charge in [-0.05, 0) is 24.1 Å². The quantitative estimate of drug-likeness (QED) is 0.759. The number of rotatable bonds is 2. The highest BCUT2D eigenvalue weighted by Crippen LogP contribution is 2.24. The molecule has 3 rings (SSSR count). The Morgan fingerprint density at radius 3 is 2.63 bits per heavy atom. The summed E-state index contributed by atoms with van der Waals surface area (Å²) in [4.78, 5) is 19.2. The van der Waals surface area contributed by atoms with Crippen LogP contribution in [0.25, 0.3) is 22.2 Å². The average molecular weight is 250 g/mol. The van der Waals surface area contributed by atoms with Crippen molar-refractivity contribution < 1.29 is 0 Å². The molecule has 19 heavy (non-hydrogen) atoms. The Balaban J connectivity index is 2.36. The molecule has 0 aliphatic heterocycles. The van der Waals surface area contributed by atoms with Crippen LogP contribution in [0.3, 0.4) is 0 Å². The molecule has 0 saturated heterocycles. The first-order valence-electron chi connectivity index (χ1n) is 6.36. The number of hydrogen-bond acceptors (Lipinski definition) is 2. The first-order chi connectivity index (χ1) is 9.28. The van der Waals surface area contributed by atoms with Crippen LogP contribution in [0.15, 0.2) is 53.3 Å². The molecule has 0 unspecified atom stereocenters. The first kappa shape index (κ1) is 11.7. The third-order valence-electron chi connectivity index (χ3n) is 3.19. The Bertz CT molecular complexity index is 776. The van der Waals surface area contributed by atoms with E-state index in [1.165, 1.54) is 0 Å². The molecule has 1 N–H and O–H groups in total. The third kappa shape index (κ3) is 2.15. The van der Waals surface area contributed by atoms with Crippen molar-refractivity contribution in [2.45, 2.75) is 13.3 Å². The van der Waals surface area contributed by atoms with E-state index in [4.69, 9.17) is 0 Å². The van der Waals surface area contributed by atoms with Gasteiger partial charge in [-0.25, -0.2) is 0 Å². The second-order valence-corrected chi connectivity index (χ2v) is 4.47. The van der Waals surface area contributed by atoms with Crippen molar-refractivity contribution in [1.82, 2.24) is 9.97 Å². The number of H-pyrrole nitrogens is 1. The minimum atomic E-state index is -0.0996. The van der Waals surface area contributed by atoms with Gasteiger partial charge in [0.2, 0.25) is 5.56 Å². The number of fused-ring (bicyclic) bond motifs is 1. The highest BCUT2D eigenvalue weighted by molar-refractivity contribution is 5.91. The maximum absolute atomic E-state index is 11.7. The smallest absolute Gasteiger partial charge is 0.249 e. The SMILES string of the molecule is CCc1ccc2[nH]c(=O)cc(-c3ccccc3)c2n1. The van der Waals surface area contributed by atoms with Gasteiger partial charge in [0, 0.05) is 17.3 Å². The van der Waals surface area contributed by atoms with Crippen molar-refractivity contribution in [3.8, 4) is 11.1 Å². The highest BCUT2D eigenvalue weighted by Gasteiger charge is 2.07. The molecule has 94 valence electrons. The zero-order chi connectivity index (χ0) is 13.2. The molecular formula is C16H14N2O. The molecule has 0 fully saturated rings. The largest absolute Gasteiger partial charge is 0.321 e. The van der Waals surface area contributed by atoms with Crippen LogP contribution in [0.2, 0.25) is 0 Å². The number of benzene rings is 1. The lowest BCUT2D eigenvalue weighted by Gasteiger charge is -2.07. The normalized spacial score (nSPS) is 10.8. The molecule has 0 radical (unpaired) electrons. The van der Waals surface area contributed by atoms with Gasteiger partial charge in [0.15, 0.2) is 0 Å². The molecule has 0 saturated carbocycles. The number of nitrogens with one attached hydrogen (secondary N) is 1. The van der Waals surface area contributed by atoms with E-state index in [9.17, 15) is 4.79 Å². The van der Waals surface area contributed by atoms with Crippen molar-refractivity contribution in [2.75, 3.05) is 0 Å². The van der Waals surface area contributed by atoms with Crippen molar-refractivity contribution >= 4 is 11.0 Å². The standard InChI is InChI=1S/C16H14N2O/c1-2-12-8-9-14-16(17-12)13(10-15(19)18-14)11-6-4-3-5-7-11/h3-10H,2H2,1H3,(H,18,19). The van der Waals surface area contributed by atoms with Crippen molar-refractivity contribution in [1.29, 1.82) is 0 Å². The molecule has 0 bridgehead atoms. The van der Waals surface area contributed by atoms with Crippen LogP contribution in [-0.4, -0.2) is 9.97 Å². The van der Waals surface area contributed by atoms with Crippen LogP contribution in [-0.2, 0) is 6.42 Å². The van der Waals surface area contributed by atoms with Gasteiger partial charge in [0.05, 0.1) is 11.0 Å². The predicted molar refractivity (Wildman–Crippen MR) is 77.2 cm³/mol. The van der Waals surface area contributed by atoms with Gasteiger partial charge in [-0.3, -0.25) is 9.78 Å². The van der Waals surface area contributed by atoms with Crippen molar-refractivity contribution in [3.63, 3.8) is 0 Å². The lowest BCUT2D eigenvalue weighted by Crippen LogP contribution is -2.06. The monoisotopic (exact) mass is 250 g/mol. The van der Waals surface area contributed by atoms with E-state index >= 15 is 0 Å². The molecule has 2 aromatic heterocycles. The Morgan fingerprint density at radius 2 is 1.89 bits per heavy atom. The molecule has 0 aliphatic carbocycles. The summed E-state index contributed by atoms with van der Waals surface area (Å²) in [6.45, 7) is 2.07. The van der Waals surface area contributed by atoms with Gasteiger partial charge in [-0.15, -0.1) is 0 Å². The fraction of sp³-hybridized carbons (Fsp3) is 0.125. The molecule has 0 aliphatic rings. The number of aromatic amines is 1. The molecule has 3 nitrogen and oxygen atoms in total. The van der Waals surface area contributed by atoms with Gasteiger partial charge >= 0.3 is 0 Å². The Hall–Kier alpha value is -2.42. The predicted octanol–water partition coefficient (Wildman–Crippen LogP) is 3.15. The maximum Gasteiger partial charge on any atom is 0.249 e. The number of hydrogen-bond donors (Lipinski definition) is 1. The lowest BCUT2D eigenvalue weighted by molar-refractivity contribution is 1.05. The topological polar surface area (TPSA) is 45.8 Å². The van der Waals surface area contributed by atoms with Gasteiger partial charge in [0.25, 0.3) is 0 Å². The van der Waals surface area contributed by atoms with E-state index in [2.05, 4.69) is 16.9 Å². The highest BCUT2D eigenvalue weighted by atomic mass is 16.1. The number of nitrogens with zero attached hydrogens (tertiary/aromatic N) is 1. The fourth-order valence-corrected chi connectivity index (χ4v) is 2.21. The molecule has 1 aromatic carbocycles. The second-order valence-electron chi connectivity index (χ2n) is 4.47. The number of pyridine rings is 2. The Morgan fingerprint density at radius 1 is 1.11 bits per heavy atom. The average Bonchev–Trinajstić information content (AvgIpc) is 2.47. The zero-order valence-electron chi connectivity index (χ0n) is 10.7. The van der Waals surface area contributed by atoms with Crippen LogP contribution >= 0.6 is 0 Å². The van der Waals surface area contributed by atoms with E-state index < -0.39 is 0 Å². The third-order valence-corrected chi connectivity index (χ3v) is 3.19. The summed E-state index contributed by atoms with van der Waals surface area (Å²) in [6.07, 6.45) is 0.878. The molecular weight excluding hydrogens is 236 g/mol.